The lowest BCUT2D eigenvalue weighted by atomic mass is 10.1. The molecule has 0 aliphatic carbocycles. The van der Waals surface area contributed by atoms with Crippen molar-refractivity contribution >= 4 is 11.6 Å². The fraction of sp³-hybridized carbons (Fsp3) is 0.308. The summed E-state index contributed by atoms with van der Waals surface area (Å²) in [7, 11) is 0. The van der Waals surface area contributed by atoms with Crippen LogP contribution in [0.15, 0.2) is 35.1 Å². The van der Waals surface area contributed by atoms with Gasteiger partial charge in [-0.15, -0.1) is 0 Å². The van der Waals surface area contributed by atoms with Gasteiger partial charge >= 0.3 is 0 Å². The van der Waals surface area contributed by atoms with Gasteiger partial charge in [-0.3, -0.25) is 0 Å². The van der Waals surface area contributed by atoms with Gasteiger partial charge in [0.05, 0.1) is 5.69 Å². The number of ether oxygens (including phenoxy) is 1. The summed E-state index contributed by atoms with van der Waals surface area (Å²) in [5.41, 5.74) is 2.07. The van der Waals surface area contributed by atoms with Crippen molar-refractivity contribution in [1.29, 1.82) is 0 Å². The number of hydrogen-bond acceptors (Lipinski definition) is 4. The van der Waals surface area contributed by atoms with Gasteiger partial charge in [0.15, 0.2) is 0 Å². The van der Waals surface area contributed by atoms with Crippen molar-refractivity contribution in [2.24, 2.45) is 0 Å². The standard InChI is InChI=1S/C13H13ClN2O2/c14-10-1-2-13-9(5-10)6-12(18-13)8-15-7-11-3-4-17-16-11/h1-5,12,15H,6-8H2. The Bertz CT molecular complexity index is 528. The largest absolute Gasteiger partial charge is 0.488 e. The molecule has 1 aromatic carbocycles. The molecule has 0 radical (unpaired) electrons. The second kappa shape index (κ2) is 5.00. The highest BCUT2D eigenvalue weighted by atomic mass is 35.5. The molecular formula is C13H13ClN2O2. The number of hydrogen-bond donors (Lipinski definition) is 1. The van der Waals surface area contributed by atoms with E-state index in [2.05, 4.69) is 10.5 Å². The molecular weight excluding hydrogens is 252 g/mol. The van der Waals surface area contributed by atoms with Crippen LogP contribution in [-0.4, -0.2) is 17.8 Å². The molecule has 0 saturated carbocycles. The summed E-state index contributed by atoms with van der Waals surface area (Å²) >= 11 is 5.95. The maximum absolute atomic E-state index is 5.95. The number of nitrogens with zero attached hydrogens (tertiary/aromatic N) is 1. The summed E-state index contributed by atoms with van der Waals surface area (Å²) in [6.45, 7) is 1.46. The van der Waals surface area contributed by atoms with Gasteiger partial charge in [0.25, 0.3) is 0 Å². The van der Waals surface area contributed by atoms with Crippen molar-refractivity contribution in [2.75, 3.05) is 6.54 Å². The predicted octanol–water partition coefficient (Wildman–Crippen LogP) is 2.42. The van der Waals surface area contributed by atoms with Gasteiger partial charge in [-0.25, -0.2) is 0 Å². The van der Waals surface area contributed by atoms with Gasteiger partial charge in [0.1, 0.15) is 18.1 Å². The number of rotatable bonds is 4. The van der Waals surface area contributed by atoms with Crippen LogP contribution in [0.5, 0.6) is 5.75 Å². The molecule has 1 aliphatic rings. The minimum absolute atomic E-state index is 0.158. The van der Waals surface area contributed by atoms with E-state index in [0.717, 1.165) is 29.4 Å². The van der Waals surface area contributed by atoms with Crippen molar-refractivity contribution in [3.05, 3.63) is 46.8 Å². The highest BCUT2D eigenvalue weighted by Gasteiger charge is 2.22. The fourth-order valence-corrected chi connectivity index (χ4v) is 2.29. The Kier molecular flexibility index (Phi) is 3.21. The van der Waals surface area contributed by atoms with Crippen LogP contribution in [0.1, 0.15) is 11.3 Å². The van der Waals surface area contributed by atoms with Crippen molar-refractivity contribution in [3.63, 3.8) is 0 Å². The monoisotopic (exact) mass is 264 g/mol. The van der Waals surface area contributed by atoms with Gasteiger partial charge in [-0.2, -0.15) is 0 Å². The van der Waals surface area contributed by atoms with E-state index in [4.69, 9.17) is 20.9 Å². The number of fused-ring (bicyclic) bond motifs is 1. The van der Waals surface area contributed by atoms with Crippen LogP contribution in [-0.2, 0) is 13.0 Å². The zero-order chi connectivity index (χ0) is 12.4. The van der Waals surface area contributed by atoms with E-state index in [1.165, 1.54) is 5.56 Å². The first-order chi connectivity index (χ1) is 8.81. The third-order valence-electron chi connectivity index (χ3n) is 2.93. The SMILES string of the molecule is Clc1ccc2c(c1)CC(CNCc1ccon1)O2. The number of halogens is 1. The molecule has 0 bridgehead atoms. The smallest absolute Gasteiger partial charge is 0.124 e. The van der Waals surface area contributed by atoms with E-state index < -0.39 is 0 Å². The van der Waals surface area contributed by atoms with Crippen LogP contribution in [0, 0.1) is 0 Å². The van der Waals surface area contributed by atoms with Gasteiger partial charge in [0, 0.05) is 30.6 Å². The minimum Gasteiger partial charge on any atom is -0.488 e. The minimum atomic E-state index is 0.158. The first-order valence-corrected chi connectivity index (χ1v) is 6.24. The van der Waals surface area contributed by atoms with Gasteiger partial charge in [-0.1, -0.05) is 16.8 Å². The molecule has 0 spiro atoms. The number of aromatic nitrogens is 1. The summed E-state index contributed by atoms with van der Waals surface area (Å²) in [5.74, 6) is 0.938. The Balaban J connectivity index is 1.52. The first-order valence-electron chi connectivity index (χ1n) is 5.86. The molecule has 94 valence electrons. The Labute approximate surface area is 110 Å². The van der Waals surface area contributed by atoms with Crippen LogP contribution in [0.4, 0.5) is 0 Å². The van der Waals surface area contributed by atoms with E-state index >= 15 is 0 Å². The average Bonchev–Trinajstić information content (AvgIpc) is 2.97. The summed E-state index contributed by atoms with van der Waals surface area (Å²) < 4.78 is 10.6. The van der Waals surface area contributed by atoms with E-state index in [1.807, 2.05) is 24.3 Å². The molecule has 2 aromatic rings. The van der Waals surface area contributed by atoms with Crippen LogP contribution in [0.2, 0.25) is 5.02 Å². The Morgan fingerprint density at radius 3 is 3.17 bits per heavy atom. The number of benzene rings is 1. The second-order valence-electron chi connectivity index (χ2n) is 4.32. The zero-order valence-electron chi connectivity index (χ0n) is 9.73. The summed E-state index contributed by atoms with van der Waals surface area (Å²) in [6.07, 6.45) is 2.62. The van der Waals surface area contributed by atoms with Crippen LogP contribution < -0.4 is 10.1 Å². The molecule has 4 nitrogen and oxygen atoms in total. The quantitative estimate of drug-likeness (QED) is 0.921. The molecule has 0 amide bonds. The second-order valence-corrected chi connectivity index (χ2v) is 4.75. The molecule has 0 fully saturated rings. The highest BCUT2D eigenvalue weighted by Crippen LogP contribution is 2.30. The van der Waals surface area contributed by atoms with Crippen LogP contribution in [0.3, 0.4) is 0 Å². The normalized spacial score (nSPS) is 17.5. The van der Waals surface area contributed by atoms with E-state index in [1.54, 1.807) is 6.26 Å². The van der Waals surface area contributed by atoms with E-state index in [-0.39, 0.29) is 6.10 Å². The van der Waals surface area contributed by atoms with Crippen molar-refractivity contribution in [1.82, 2.24) is 10.5 Å². The lowest BCUT2D eigenvalue weighted by Crippen LogP contribution is -2.29. The summed E-state index contributed by atoms with van der Waals surface area (Å²) in [4.78, 5) is 0. The Morgan fingerprint density at radius 1 is 1.39 bits per heavy atom. The molecule has 1 aliphatic heterocycles. The molecule has 1 atom stereocenters. The van der Waals surface area contributed by atoms with E-state index in [9.17, 15) is 0 Å². The van der Waals surface area contributed by atoms with Gasteiger partial charge < -0.3 is 14.6 Å². The van der Waals surface area contributed by atoms with Crippen molar-refractivity contribution in [2.45, 2.75) is 19.1 Å². The maximum atomic E-state index is 5.95. The third-order valence-corrected chi connectivity index (χ3v) is 3.17. The van der Waals surface area contributed by atoms with E-state index in [0.29, 0.717) is 6.54 Å². The molecule has 3 rings (SSSR count). The van der Waals surface area contributed by atoms with Crippen molar-refractivity contribution in [3.8, 4) is 5.75 Å². The molecule has 5 heteroatoms. The lowest BCUT2D eigenvalue weighted by molar-refractivity contribution is 0.226. The molecule has 0 saturated heterocycles. The average molecular weight is 265 g/mol. The Hall–Kier alpha value is -1.52. The maximum Gasteiger partial charge on any atom is 0.124 e. The third kappa shape index (κ3) is 2.49. The molecule has 2 heterocycles. The Morgan fingerprint density at radius 2 is 2.33 bits per heavy atom. The summed E-state index contributed by atoms with van der Waals surface area (Å²) in [6, 6.07) is 7.59. The van der Waals surface area contributed by atoms with Crippen molar-refractivity contribution < 1.29 is 9.26 Å². The first kappa shape index (κ1) is 11.6. The molecule has 1 N–H and O–H groups in total. The zero-order valence-corrected chi connectivity index (χ0v) is 10.5. The topological polar surface area (TPSA) is 47.3 Å². The number of nitrogens with one attached hydrogen (secondary N) is 1. The van der Waals surface area contributed by atoms with Gasteiger partial charge in [0.2, 0.25) is 0 Å². The summed E-state index contributed by atoms with van der Waals surface area (Å²) in [5, 5.41) is 7.89. The molecule has 18 heavy (non-hydrogen) atoms. The predicted molar refractivity (Wildman–Crippen MR) is 67.8 cm³/mol. The van der Waals surface area contributed by atoms with Crippen LogP contribution >= 0.6 is 11.6 Å². The fourth-order valence-electron chi connectivity index (χ4n) is 2.09. The molecule has 1 aromatic heterocycles. The lowest BCUT2D eigenvalue weighted by Gasteiger charge is -2.10. The van der Waals surface area contributed by atoms with Gasteiger partial charge in [-0.05, 0) is 23.8 Å². The molecule has 1 unspecified atom stereocenters. The highest BCUT2D eigenvalue weighted by molar-refractivity contribution is 6.30. The van der Waals surface area contributed by atoms with Crippen LogP contribution in [0.25, 0.3) is 0 Å².